The third-order valence-electron chi connectivity index (χ3n) is 6.26. The molecular formula is C26H31ClN4O2. The molecule has 0 spiro atoms. The molecule has 1 fully saturated rings. The number of carbonyl (C=O) groups excluding carboxylic acids is 1. The van der Waals surface area contributed by atoms with E-state index in [2.05, 4.69) is 17.1 Å². The number of methoxy groups -OCH3 is 1. The van der Waals surface area contributed by atoms with Crippen molar-refractivity contribution in [3.8, 4) is 22.7 Å². The summed E-state index contributed by atoms with van der Waals surface area (Å²) in [4.78, 5) is 15.7. The van der Waals surface area contributed by atoms with Gasteiger partial charge in [0, 0.05) is 24.7 Å². The van der Waals surface area contributed by atoms with E-state index in [1.807, 2.05) is 48.5 Å². The fourth-order valence-corrected chi connectivity index (χ4v) is 4.53. The molecule has 0 saturated carbocycles. The number of piperidine rings is 1. The molecule has 174 valence electrons. The van der Waals surface area contributed by atoms with E-state index in [9.17, 15) is 4.79 Å². The van der Waals surface area contributed by atoms with Crippen LogP contribution in [0, 0.1) is 0 Å². The lowest BCUT2D eigenvalue weighted by molar-refractivity contribution is 0.0941. The van der Waals surface area contributed by atoms with Crippen LogP contribution in [-0.4, -0.2) is 53.4 Å². The van der Waals surface area contributed by atoms with Gasteiger partial charge in [-0.1, -0.05) is 30.2 Å². The molecule has 4 rings (SSSR count). The number of amides is 1. The van der Waals surface area contributed by atoms with Gasteiger partial charge in [-0.3, -0.25) is 4.79 Å². The number of nitrogens with zero attached hydrogens (tertiary/aromatic N) is 3. The molecule has 1 aliphatic rings. The van der Waals surface area contributed by atoms with Crippen LogP contribution in [0.5, 0.6) is 5.75 Å². The predicted octanol–water partition coefficient (Wildman–Crippen LogP) is 5.20. The summed E-state index contributed by atoms with van der Waals surface area (Å²) in [6.07, 6.45) is 4.76. The Labute approximate surface area is 200 Å². The van der Waals surface area contributed by atoms with Gasteiger partial charge >= 0.3 is 0 Å². The number of carbonyl (C=O) groups is 1. The highest BCUT2D eigenvalue weighted by molar-refractivity contribution is 6.32. The number of para-hydroxylation sites is 1. The van der Waals surface area contributed by atoms with E-state index in [1.165, 1.54) is 19.3 Å². The number of hydrogen-bond acceptors (Lipinski definition) is 4. The van der Waals surface area contributed by atoms with E-state index >= 15 is 0 Å². The van der Waals surface area contributed by atoms with Crippen LogP contribution in [-0.2, 0) is 0 Å². The third-order valence-corrected chi connectivity index (χ3v) is 6.58. The van der Waals surface area contributed by atoms with Gasteiger partial charge in [-0.05, 0) is 75.2 Å². The molecular weight excluding hydrogens is 436 g/mol. The molecule has 7 heteroatoms. The van der Waals surface area contributed by atoms with Crippen LogP contribution >= 0.6 is 11.6 Å². The summed E-state index contributed by atoms with van der Waals surface area (Å²) >= 11 is 6.44. The monoisotopic (exact) mass is 466 g/mol. The van der Waals surface area contributed by atoms with E-state index in [-0.39, 0.29) is 5.91 Å². The summed E-state index contributed by atoms with van der Waals surface area (Å²) in [6.45, 7) is 5.07. The molecule has 0 aliphatic carbocycles. The van der Waals surface area contributed by atoms with E-state index < -0.39 is 0 Å². The van der Waals surface area contributed by atoms with Gasteiger partial charge in [0.25, 0.3) is 5.91 Å². The molecule has 2 heterocycles. The molecule has 1 amide bonds. The summed E-state index contributed by atoms with van der Waals surface area (Å²) in [5, 5.41) is 8.34. The summed E-state index contributed by atoms with van der Waals surface area (Å²) in [6, 6.07) is 17.5. The minimum absolute atomic E-state index is 0.158. The van der Waals surface area contributed by atoms with Crippen molar-refractivity contribution < 1.29 is 9.53 Å². The van der Waals surface area contributed by atoms with Crippen molar-refractivity contribution in [3.63, 3.8) is 0 Å². The van der Waals surface area contributed by atoms with Crippen LogP contribution in [0.15, 0.2) is 54.6 Å². The van der Waals surface area contributed by atoms with Crippen LogP contribution in [0.2, 0.25) is 5.02 Å². The van der Waals surface area contributed by atoms with Crippen molar-refractivity contribution >= 4 is 17.5 Å². The first-order chi connectivity index (χ1) is 16.1. The summed E-state index contributed by atoms with van der Waals surface area (Å²) < 4.78 is 6.88. The van der Waals surface area contributed by atoms with Crippen LogP contribution in [0.4, 0.5) is 0 Å². The van der Waals surface area contributed by atoms with Gasteiger partial charge in [-0.2, -0.15) is 5.10 Å². The van der Waals surface area contributed by atoms with Crippen molar-refractivity contribution in [2.45, 2.75) is 38.6 Å². The van der Waals surface area contributed by atoms with E-state index in [0.717, 1.165) is 30.8 Å². The van der Waals surface area contributed by atoms with Crippen molar-refractivity contribution in [1.29, 1.82) is 0 Å². The van der Waals surface area contributed by atoms with E-state index in [0.29, 0.717) is 34.7 Å². The Balaban J connectivity index is 1.51. The maximum absolute atomic E-state index is 13.2. The summed E-state index contributed by atoms with van der Waals surface area (Å²) in [7, 11) is 1.63. The van der Waals surface area contributed by atoms with Gasteiger partial charge in [0.15, 0.2) is 0 Å². The largest absolute Gasteiger partial charge is 0.497 e. The second-order valence-corrected chi connectivity index (χ2v) is 8.90. The zero-order chi connectivity index (χ0) is 23.2. The van der Waals surface area contributed by atoms with Crippen molar-refractivity contribution in [3.05, 3.63) is 65.3 Å². The number of hydrogen-bond donors (Lipinski definition) is 1. The molecule has 1 N–H and O–H groups in total. The summed E-state index contributed by atoms with van der Waals surface area (Å²) in [5.41, 5.74) is 2.73. The minimum atomic E-state index is -0.158. The van der Waals surface area contributed by atoms with Gasteiger partial charge in [0.2, 0.25) is 0 Å². The second-order valence-electron chi connectivity index (χ2n) is 8.50. The average molecular weight is 467 g/mol. The number of aromatic nitrogens is 2. The number of halogens is 1. The smallest absolute Gasteiger partial charge is 0.270 e. The topological polar surface area (TPSA) is 59.4 Å². The molecule has 1 aliphatic heterocycles. The molecule has 33 heavy (non-hydrogen) atoms. The van der Waals surface area contributed by atoms with Gasteiger partial charge in [-0.15, -0.1) is 0 Å². The van der Waals surface area contributed by atoms with Crippen molar-refractivity contribution in [2.24, 2.45) is 0 Å². The average Bonchev–Trinajstić information content (AvgIpc) is 3.28. The van der Waals surface area contributed by atoms with Crippen LogP contribution in [0.3, 0.4) is 0 Å². The van der Waals surface area contributed by atoms with E-state index in [1.54, 1.807) is 17.9 Å². The lowest BCUT2D eigenvalue weighted by atomic mass is 10.0. The Morgan fingerprint density at radius 3 is 2.70 bits per heavy atom. The molecule has 6 nitrogen and oxygen atoms in total. The lowest BCUT2D eigenvalue weighted by Crippen LogP contribution is -2.39. The maximum Gasteiger partial charge on any atom is 0.270 e. The predicted molar refractivity (Wildman–Crippen MR) is 132 cm³/mol. The van der Waals surface area contributed by atoms with Crippen molar-refractivity contribution in [2.75, 3.05) is 26.7 Å². The number of likely N-dealkylation sites (tertiary alicyclic amines) is 1. The molecule has 1 atom stereocenters. The highest BCUT2D eigenvalue weighted by atomic mass is 35.5. The van der Waals surface area contributed by atoms with Crippen molar-refractivity contribution in [1.82, 2.24) is 20.0 Å². The second kappa shape index (κ2) is 10.9. The van der Waals surface area contributed by atoms with E-state index in [4.69, 9.17) is 21.4 Å². The number of rotatable bonds is 8. The highest BCUT2D eigenvalue weighted by Gasteiger charge is 2.20. The Kier molecular flexibility index (Phi) is 7.68. The van der Waals surface area contributed by atoms with Gasteiger partial charge in [0.1, 0.15) is 11.4 Å². The normalized spacial score (nSPS) is 16.5. The zero-order valence-corrected chi connectivity index (χ0v) is 20.0. The molecule has 1 saturated heterocycles. The maximum atomic E-state index is 13.2. The first kappa shape index (κ1) is 23.3. The SMILES string of the molecule is COc1ccc(-c2cc(C(=O)NCCCN3CCCCC3C)n(-c3ccccc3Cl)n2)cc1. The number of ether oxygens (including phenoxy) is 1. The molecule has 3 aromatic rings. The van der Waals surface area contributed by atoms with Crippen LogP contribution in [0.25, 0.3) is 16.9 Å². The number of benzene rings is 2. The first-order valence-corrected chi connectivity index (χ1v) is 12.0. The number of nitrogens with one attached hydrogen (secondary N) is 1. The first-order valence-electron chi connectivity index (χ1n) is 11.6. The molecule has 0 radical (unpaired) electrons. The molecule has 2 aromatic carbocycles. The Morgan fingerprint density at radius 1 is 1.18 bits per heavy atom. The Morgan fingerprint density at radius 2 is 1.97 bits per heavy atom. The van der Waals surface area contributed by atoms with Crippen LogP contribution in [0.1, 0.15) is 43.1 Å². The Bertz CT molecular complexity index is 1080. The Hall–Kier alpha value is -2.83. The minimum Gasteiger partial charge on any atom is -0.497 e. The molecule has 1 unspecified atom stereocenters. The van der Waals surface area contributed by atoms with Gasteiger partial charge in [0.05, 0.1) is 23.5 Å². The zero-order valence-electron chi connectivity index (χ0n) is 19.3. The highest BCUT2D eigenvalue weighted by Crippen LogP contribution is 2.27. The molecule has 1 aromatic heterocycles. The summed E-state index contributed by atoms with van der Waals surface area (Å²) in [5.74, 6) is 0.610. The quantitative estimate of drug-likeness (QED) is 0.464. The fourth-order valence-electron chi connectivity index (χ4n) is 4.32. The third kappa shape index (κ3) is 5.57. The van der Waals surface area contributed by atoms with Gasteiger partial charge in [-0.25, -0.2) is 4.68 Å². The van der Waals surface area contributed by atoms with Gasteiger partial charge < -0.3 is 15.0 Å². The van der Waals surface area contributed by atoms with Crippen LogP contribution < -0.4 is 10.1 Å². The fraction of sp³-hybridized carbons (Fsp3) is 0.385. The standard InChI is InChI=1S/C26H31ClN4O2/c1-19-8-5-6-16-30(19)17-7-15-28-26(32)25-18-23(20-11-13-21(33-2)14-12-20)29-31(25)24-10-4-3-9-22(24)27/h3-4,9-14,18-19H,5-8,15-17H2,1-2H3,(H,28,32). The molecule has 0 bridgehead atoms. The lowest BCUT2D eigenvalue weighted by Gasteiger charge is -2.33.